The van der Waals surface area contributed by atoms with Gasteiger partial charge in [0.1, 0.15) is 0 Å². The SMILES string of the molecule is Cc1cccc(C(C)N(C)CCC(=O)O)c1. The third-order valence-corrected chi connectivity index (χ3v) is 2.86. The van der Waals surface area contributed by atoms with Crippen LogP contribution >= 0.6 is 0 Å². The summed E-state index contributed by atoms with van der Waals surface area (Å²) < 4.78 is 0. The normalized spacial score (nSPS) is 12.8. The minimum absolute atomic E-state index is 0.187. The molecule has 1 atom stereocenters. The summed E-state index contributed by atoms with van der Waals surface area (Å²) in [4.78, 5) is 12.5. The van der Waals surface area contributed by atoms with E-state index in [9.17, 15) is 4.79 Å². The lowest BCUT2D eigenvalue weighted by Crippen LogP contribution is -2.25. The summed E-state index contributed by atoms with van der Waals surface area (Å²) in [5.74, 6) is -0.747. The van der Waals surface area contributed by atoms with Crippen molar-refractivity contribution in [3.8, 4) is 0 Å². The second-order valence-electron chi connectivity index (χ2n) is 4.21. The minimum atomic E-state index is -0.747. The maximum atomic E-state index is 10.5. The highest BCUT2D eigenvalue weighted by Gasteiger charge is 2.12. The van der Waals surface area contributed by atoms with Crippen LogP contribution < -0.4 is 0 Å². The van der Waals surface area contributed by atoms with Crippen LogP contribution in [-0.4, -0.2) is 29.6 Å². The van der Waals surface area contributed by atoms with Crippen molar-refractivity contribution in [2.75, 3.05) is 13.6 Å². The van der Waals surface area contributed by atoms with E-state index in [2.05, 4.69) is 36.9 Å². The Balaban J connectivity index is 2.62. The molecule has 0 aliphatic carbocycles. The van der Waals surface area contributed by atoms with Crippen molar-refractivity contribution in [1.82, 2.24) is 4.90 Å². The summed E-state index contributed by atoms with van der Waals surface area (Å²) in [5.41, 5.74) is 2.46. The van der Waals surface area contributed by atoms with Gasteiger partial charge < -0.3 is 5.11 Å². The molecule has 88 valence electrons. The molecule has 0 heterocycles. The van der Waals surface area contributed by atoms with Gasteiger partial charge in [0.25, 0.3) is 0 Å². The first-order valence-electron chi connectivity index (χ1n) is 5.49. The van der Waals surface area contributed by atoms with Crippen LogP contribution in [0.25, 0.3) is 0 Å². The second kappa shape index (κ2) is 5.66. The van der Waals surface area contributed by atoms with Crippen molar-refractivity contribution < 1.29 is 9.90 Å². The van der Waals surface area contributed by atoms with Crippen molar-refractivity contribution in [2.24, 2.45) is 0 Å². The third-order valence-electron chi connectivity index (χ3n) is 2.86. The molecule has 1 unspecified atom stereocenters. The average molecular weight is 221 g/mol. The zero-order valence-electron chi connectivity index (χ0n) is 10.1. The number of carbonyl (C=O) groups is 1. The summed E-state index contributed by atoms with van der Waals surface area (Å²) >= 11 is 0. The summed E-state index contributed by atoms with van der Waals surface area (Å²) in [6.45, 7) is 4.73. The number of benzene rings is 1. The molecule has 0 amide bonds. The first-order chi connectivity index (χ1) is 7.50. The number of carboxylic acid groups (broad SMARTS) is 1. The van der Waals surface area contributed by atoms with Crippen LogP contribution in [0.3, 0.4) is 0 Å². The zero-order chi connectivity index (χ0) is 12.1. The molecule has 0 bridgehead atoms. The van der Waals surface area contributed by atoms with Crippen molar-refractivity contribution in [2.45, 2.75) is 26.3 Å². The number of aryl methyl sites for hydroxylation is 1. The van der Waals surface area contributed by atoms with Crippen LogP contribution in [0.4, 0.5) is 0 Å². The Bertz CT molecular complexity index is 363. The molecule has 0 radical (unpaired) electrons. The second-order valence-corrected chi connectivity index (χ2v) is 4.21. The predicted molar refractivity (Wildman–Crippen MR) is 64.5 cm³/mol. The standard InChI is InChI=1S/C13H19NO2/c1-10-5-4-6-12(9-10)11(2)14(3)8-7-13(15)16/h4-6,9,11H,7-8H2,1-3H3,(H,15,16). The molecule has 0 fully saturated rings. The smallest absolute Gasteiger partial charge is 0.304 e. The molecule has 16 heavy (non-hydrogen) atoms. The van der Waals surface area contributed by atoms with Crippen molar-refractivity contribution in [3.63, 3.8) is 0 Å². The van der Waals surface area contributed by atoms with Crippen LogP contribution in [0.15, 0.2) is 24.3 Å². The van der Waals surface area contributed by atoms with Gasteiger partial charge in [-0.1, -0.05) is 29.8 Å². The summed E-state index contributed by atoms with van der Waals surface area (Å²) in [6.07, 6.45) is 0.187. The quantitative estimate of drug-likeness (QED) is 0.830. The van der Waals surface area contributed by atoms with Crippen LogP contribution in [0.2, 0.25) is 0 Å². The van der Waals surface area contributed by atoms with Gasteiger partial charge >= 0.3 is 5.97 Å². The maximum Gasteiger partial charge on any atom is 0.304 e. The van der Waals surface area contributed by atoms with Gasteiger partial charge in [-0.2, -0.15) is 0 Å². The highest BCUT2D eigenvalue weighted by atomic mass is 16.4. The van der Waals surface area contributed by atoms with E-state index >= 15 is 0 Å². The molecule has 0 aromatic heterocycles. The van der Waals surface area contributed by atoms with E-state index in [-0.39, 0.29) is 12.5 Å². The summed E-state index contributed by atoms with van der Waals surface area (Å²) in [6, 6.07) is 8.57. The van der Waals surface area contributed by atoms with Gasteiger partial charge in [0.2, 0.25) is 0 Å². The molecule has 1 rings (SSSR count). The zero-order valence-corrected chi connectivity index (χ0v) is 10.1. The first-order valence-corrected chi connectivity index (χ1v) is 5.49. The van der Waals surface area contributed by atoms with E-state index in [0.29, 0.717) is 6.54 Å². The molecule has 3 nitrogen and oxygen atoms in total. The molecule has 1 N–H and O–H groups in total. The number of aliphatic carboxylic acids is 1. The lowest BCUT2D eigenvalue weighted by atomic mass is 10.0. The Labute approximate surface area is 96.7 Å². The molecule has 3 heteroatoms. The van der Waals surface area contributed by atoms with E-state index in [1.165, 1.54) is 11.1 Å². The summed E-state index contributed by atoms with van der Waals surface area (Å²) in [7, 11) is 1.95. The molecule has 1 aromatic rings. The fraction of sp³-hybridized carbons (Fsp3) is 0.462. The van der Waals surface area contributed by atoms with Crippen LogP contribution in [0, 0.1) is 6.92 Å². The lowest BCUT2D eigenvalue weighted by molar-refractivity contribution is -0.137. The van der Waals surface area contributed by atoms with Gasteiger partial charge in [-0.05, 0) is 26.5 Å². The fourth-order valence-electron chi connectivity index (χ4n) is 1.65. The van der Waals surface area contributed by atoms with Gasteiger partial charge in [0.15, 0.2) is 0 Å². The van der Waals surface area contributed by atoms with E-state index in [1.807, 2.05) is 13.1 Å². The lowest BCUT2D eigenvalue weighted by Gasteiger charge is -2.24. The van der Waals surface area contributed by atoms with Gasteiger partial charge in [-0.3, -0.25) is 9.69 Å². The van der Waals surface area contributed by atoms with E-state index in [1.54, 1.807) is 0 Å². The number of carboxylic acids is 1. The highest BCUT2D eigenvalue weighted by Crippen LogP contribution is 2.19. The third kappa shape index (κ3) is 3.66. The van der Waals surface area contributed by atoms with Crippen molar-refractivity contribution >= 4 is 5.97 Å². The molecule has 1 aromatic carbocycles. The average Bonchev–Trinajstić information content (AvgIpc) is 2.24. The fourth-order valence-corrected chi connectivity index (χ4v) is 1.65. The van der Waals surface area contributed by atoms with Crippen LogP contribution in [0.1, 0.15) is 30.5 Å². The molecular formula is C13H19NO2. The molecular weight excluding hydrogens is 202 g/mol. The van der Waals surface area contributed by atoms with E-state index in [4.69, 9.17) is 5.11 Å². The molecule has 0 spiro atoms. The number of rotatable bonds is 5. The van der Waals surface area contributed by atoms with Crippen LogP contribution in [0.5, 0.6) is 0 Å². The molecule has 0 saturated carbocycles. The van der Waals surface area contributed by atoms with Crippen molar-refractivity contribution in [3.05, 3.63) is 35.4 Å². The van der Waals surface area contributed by atoms with E-state index in [0.717, 1.165) is 0 Å². The Morgan fingerprint density at radius 3 is 2.75 bits per heavy atom. The van der Waals surface area contributed by atoms with Gasteiger partial charge in [0.05, 0.1) is 6.42 Å². The molecule has 0 aliphatic rings. The molecule has 0 saturated heterocycles. The maximum absolute atomic E-state index is 10.5. The Morgan fingerprint density at radius 1 is 1.50 bits per heavy atom. The highest BCUT2D eigenvalue weighted by molar-refractivity contribution is 5.66. The predicted octanol–water partition coefficient (Wildman–Crippen LogP) is 2.46. The van der Waals surface area contributed by atoms with Crippen LogP contribution in [-0.2, 0) is 4.79 Å². The van der Waals surface area contributed by atoms with Gasteiger partial charge in [-0.25, -0.2) is 0 Å². The summed E-state index contributed by atoms with van der Waals surface area (Å²) in [5, 5.41) is 8.63. The Hall–Kier alpha value is -1.35. The first kappa shape index (κ1) is 12.7. The monoisotopic (exact) mass is 221 g/mol. The largest absolute Gasteiger partial charge is 0.481 e. The number of hydrogen-bond donors (Lipinski definition) is 1. The van der Waals surface area contributed by atoms with Gasteiger partial charge in [0, 0.05) is 12.6 Å². The molecule has 0 aliphatic heterocycles. The van der Waals surface area contributed by atoms with Gasteiger partial charge in [-0.15, -0.1) is 0 Å². The topological polar surface area (TPSA) is 40.5 Å². The Kier molecular flexibility index (Phi) is 4.50. The number of hydrogen-bond acceptors (Lipinski definition) is 2. The minimum Gasteiger partial charge on any atom is -0.481 e. The van der Waals surface area contributed by atoms with Crippen molar-refractivity contribution in [1.29, 1.82) is 0 Å². The Morgan fingerprint density at radius 2 is 2.19 bits per heavy atom. The number of nitrogens with zero attached hydrogens (tertiary/aromatic N) is 1. The van der Waals surface area contributed by atoms with E-state index < -0.39 is 5.97 Å².